The van der Waals surface area contributed by atoms with Gasteiger partial charge in [0.15, 0.2) is 0 Å². The molecule has 5 heteroatoms. The van der Waals surface area contributed by atoms with Crippen LogP contribution < -0.4 is 10.6 Å². The van der Waals surface area contributed by atoms with Gasteiger partial charge < -0.3 is 10.1 Å². The smallest absolute Gasteiger partial charge is 0.411 e. The van der Waals surface area contributed by atoms with Crippen LogP contribution in [0.25, 0.3) is 0 Å². The SMILES string of the molecule is COC(=O)Nc1cc(NC=O)cc(C(C)(C)C)c1. The molecule has 0 fully saturated rings. The fourth-order valence-electron chi connectivity index (χ4n) is 1.45. The summed E-state index contributed by atoms with van der Waals surface area (Å²) in [5, 5.41) is 5.16. The zero-order chi connectivity index (χ0) is 13.8. The van der Waals surface area contributed by atoms with Gasteiger partial charge >= 0.3 is 6.09 Å². The zero-order valence-corrected chi connectivity index (χ0v) is 11.0. The minimum absolute atomic E-state index is 0.0902. The second-order valence-corrected chi connectivity index (χ2v) is 4.93. The van der Waals surface area contributed by atoms with E-state index < -0.39 is 6.09 Å². The quantitative estimate of drug-likeness (QED) is 0.810. The van der Waals surface area contributed by atoms with E-state index in [0.717, 1.165) is 5.56 Å². The second kappa shape index (κ2) is 5.53. The molecule has 0 aromatic heterocycles. The highest BCUT2D eigenvalue weighted by Gasteiger charge is 2.16. The summed E-state index contributed by atoms with van der Waals surface area (Å²) in [4.78, 5) is 21.7. The Morgan fingerprint density at radius 2 is 1.83 bits per heavy atom. The van der Waals surface area contributed by atoms with Crippen molar-refractivity contribution in [3.63, 3.8) is 0 Å². The summed E-state index contributed by atoms with van der Waals surface area (Å²) in [6, 6.07) is 5.39. The Labute approximate surface area is 107 Å². The third-order valence-electron chi connectivity index (χ3n) is 2.46. The van der Waals surface area contributed by atoms with Crippen LogP contribution in [-0.4, -0.2) is 19.6 Å². The number of nitrogens with one attached hydrogen (secondary N) is 2. The molecule has 0 atom stereocenters. The number of ether oxygens (including phenoxy) is 1. The van der Waals surface area contributed by atoms with Crippen molar-refractivity contribution in [2.45, 2.75) is 26.2 Å². The van der Waals surface area contributed by atoms with E-state index in [-0.39, 0.29) is 5.41 Å². The normalized spacial score (nSPS) is 10.7. The number of hydrogen-bond donors (Lipinski definition) is 2. The number of carbonyl (C=O) groups excluding carboxylic acids is 2. The molecule has 0 unspecified atom stereocenters. The van der Waals surface area contributed by atoms with Crippen LogP contribution in [0.1, 0.15) is 26.3 Å². The lowest BCUT2D eigenvalue weighted by molar-refractivity contribution is -0.105. The third kappa shape index (κ3) is 3.76. The Morgan fingerprint density at radius 3 is 2.33 bits per heavy atom. The van der Waals surface area contributed by atoms with Crippen LogP contribution in [0.4, 0.5) is 16.2 Å². The van der Waals surface area contributed by atoms with Crippen molar-refractivity contribution in [2.75, 3.05) is 17.7 Å². The molecule has 0 spiro atoms. The lowest BCUT2D eigenvalue weighted by atomic mass is 9.86. The van der Waals surface area contributed by atoms with Gasteiger partial charge in [-0.25, -0.2) is 4.79 Å². The molecule has 0 heterocycles. The predicted octanol–water partition coefficient (Wildman–Crippen LogP) is 2.73. The highest BCUT2D eigenvalue weighted by atomic mass is 16.5. The van der Waals surface area contributed by atoms with E-state index in [2.05, 4.69) is 36.1 Å². The molecule has 1 aromatic rings. The maximum atomic E-state index is 11.2. The molecule has 2 N–H and O–H groups in total. The van der Waals surface area contributed by atoms with Crippen molar-refractivity contribution in [2.24, 2.45) is 0 Å². The van der Waals surface area contributed by atoms with Crippen LogP contribution in [0.5, 0.6) is 0 Å². The maximum Gasteiger partial charge on any atom is 0.411 e. The average molecular weight is 250 g/mol. The van der Waals surface area contributed by atoms with Crippen molar-refractivity contribution in [3.8, 4) is 0 Å². The van der Waals surface area contributed by atoms with Crippen LogP contribution in [0.15, 0.2) is 18.2 Å². The molecule has 0 aliphatic carbocycles. The molecular formula is C13H18N2O3. The molecule has 1 rings (SSSR count). The first kappa shape index (κ1) is 14.0. The molecule has 0 aliphatic heterocycles. The molecule has 0 saturated heterocycles. The zero-order valence-electron chi connectivity index (χ0n) is 11.0. The summed E-state index contributed by atoms with van der Waals surface area (Å²) in [6.45, 7) is 6.15. The van der Waals surface area contributed by atoms with Gasteiger partial charge in [-0.1, -0.05) is 20.8 Å². The highest BCUT2D eigenvalue weighted by Crippen LogP contribution is 2.28. The Kier molecular flexibility index (Phi) is 4.31. The topological polar surface area (TPSA) is 67.4 Å². The van der Waals surface area contributed by atoms with Crippen molar-refractivity contribution in [1.82, 2.24) is 0 Å². The first-order valence-electron chi connectivity index (χ1n) is 5.57. The molecule has 98 valence electrons. The molecule has 2 amide bonds. The third-order valence-corrected chi connectivity index (χ3v) is 2.46. The molecule has 0 radical (unpaired) electrons. The van der Waals surface area contributed by atoms with Crippen LogP contribution in [0.3, 0.4) is 0 Å². The van der Waals surface area contributed by atoms with Gasteiger partial charge in [-0.15, -0.1) is 0 Å². The van der Waals surface area contributed by atoms with Crippen LogP contribution in [0, 0.1) is 0 Å². The van der Waals surface area contributed by atoms with E-state index in [1.165, 1.54) is 7.11 Å². The van der Waals surface area contributed by atoms with Gasteiger partial charge in [0.2, 0.25) is 6.41 Å². The van der Waals surface area contributed by atoms with Crippen LogP contribution in [0.2, 0.25) is 0 Å². The Bertz CT molecular complexity index is 450. The summed E-state index contributed by atoms with van der Waals surface area (Å²) < 4.78 is 4.54. The van der Waals surface area contributed by atoms with E-state index >= 15 is 0 Å². The van der Waals surface area contributed by atoms with Crippen LogP contribution in [-0.2, 0) is 14.9 Å². The molecule has 18 heavy (non-hydrogen) atoms. The summed E-state index contributed by atoms with van der Waals surface area (Å²) in [6.07, 6.45) is 0.0575. The van der Waals surface area contributed by atoms with Gasteiger partial charge in [0.25, 0.3) is 0 Å². The number of carbonyl (C=O) groups is 2. The van der Waals surface area contributed by atoms with Crippen LogP contribution >= 0.6 is 0 Å². The molecule has 0 bridgehead atoms. The highest BCUT2D eigenvalue weighted by molar-refractivity contribution is 5.86. The number of anilines is 2. The van der Waals surface area contributed by atoms with Crippen molar-refractivity contribution in [1.29, 1.82) is 0 Å². The van der Waals surface area contributed by atoms with E-state index in [1.807, 2.05) is 12.1 Å². The first-order valence-corrected chi connectivity index (χ1v) is 5.57. The van der Waals surface area contributed by atoms with Gasteiger partial charge in [-0.05, 0) is 29.2 Å². The van der Waals surface area contributed by atoms with Gasteiger partial charge in [-0.2, -0.15) is 0 Å². The molecular weight excluding hydrogens is 232 g/mol. The summed E-state index contributed by atoms with van der Waals surface area (Å²) in [5.74, 6) is 0. The summed E-state index contributed by atoms with van der Waals surface area (Å²) >= 11 is 0. The minimum Gasteiger partial charge on any atom is -0.453 e. The molecule has 1 aromatic carbocycles. The lowest BCUT2D eigenvalue weighted by Gasteiger charge is -2.21. The van der Waals surface area contributed by atoms with E-state index in [4.69, 9.17) is 0 Å². The maximum absolute atomic E-state index is 11.2. The van der Waals surface area contributed by atoms with Crippen molar-refractivity contribution >= 4 is 23.9 Å². The fraction of sp³-hybridized carbons (Fsp3) is 0.385. The Hall–Kier alpha value is -2.04. The number of methoxy groups -OCH3 is 1. The second-order valence-electron chi connectivity index (χ2n) is 4.93. The van der Waals surface area contributed by atoms with Gasteiger partial charge in [0.05, 0.1) is 7.11 Å². The van der Waals surface area contributed by atoms with E-state index in [0.29, 0.717) is 17.8 Å². The molecule has 0 saturated carbocycles. The Morgan fingerprint density at radius 1 is 1.22 bits per heavy atom. The van der Waals surface area contributed by atoms with E-state index in [9.17, 15) is 9.59 Å². The largest absolute Gasteiger partial charge is 0.453 e. The average Bonchev–Trinajstić information content (AvgIpc) is 2.27. The minimum atomic E-state index is -0.543. The fourth-order valence-corrected chi connectivity index (χ4v) is 1.45. The lowest BCUT2D eigenvalue weighted by Crippen LogP contribution is -2.15. The van der Waals surface area contributed by atoms with Gasteiger partial charge in [0, 0.05) is 11.4 Å². The number of benzene rings is 1. The summed E-state index contributed by atoms with van der Waals surface area (Å²) in [5.41, 5.74) is 2.12. The standard InChI is InChI=1S/C13H18N2O3/c1-13(2,3)9-5-10(14-8-16)7-11(6-9)15-12(17)18-4/h5-8H,1-4H3,(H,14,16)(H,15,17). The first-order chi connectivity index (χ1) is 8.36. The van der Waals surface area contributed by atoms with Gasteiger partial charge in [0.1, 0.15) is 0 Å². The van der Waals surface area contributed by atoms with Crippen molar-refractivity contribution < 1.29 is 14.3 Å². The van der Waals surface area contributed by atoms with Crippen molar-refractivity contribution in [3.05, 3.63) is 23.8 Å². The predicted molar refractivity (Wildman–Crippen MR) is 70.9 cm³/mol. The molecule has 5 nitrogen and oxygen atoms in total. The monoisotopic (exact) mass is 250 g/mol. The number of rotatable bonds is 3. The van der Waals surface area contributed by atoms with E-state index in [1.54, 1.807) is 6.07 Å². The number of amides is 2. The summed E-state index contributed by atoms with van der Waals surface area (Å²) in [7, 11) is 1.30. The Balaban J connectivity index is 3.13. The van der Waals surface area contributed by atoms with Gasteiger partial charge in [-0.3, -0.25) is 10.1 Å². The molecule has 0 aliphatic rings. The number of hydrogen-bond acceptors (Lipinski definition) is 3.